The molecule has 2 aromatic rings. The van der Waals surface area contributed by atoms with Gasteiger partial charge in [-0.25, -0.2) is 16.8 Å². The van der Waals surface area contributed by atoms with Crippen LogP contribution in [0.25, 0.3) is 0 Å². The molecule has 0 saturated heterocycles. The van der Waals surface area contributed by atoms with Gasteiger partial charge in [0.15, 0.2) is 11.5 Å². The maximum atomic E-state index is 12.4. The minimum Gasteiger partial charge on any atom is -0.493 e. The van der Waals surface area contributed by atoms with Gasteiger partial charge in [-0.15, -0.1) is 0 Å². The van der Waals surface area contributed by atoms with E-state index in [0.29, 0.717) is 40.4 Å². The van der Waals surface area contributed by atoms with Crippen LogP contribution in [0.3, 0.4) is 0 Å². The predicted octanol–water partition coefficient (Wildman–Crippen LogP) is 2.19. The maximum Gasteiger partial charge on any atom is 0.247 e. The van der Waals surface area contributed by atoms with Crippen LogP contribution in [0.1, 0.15) is 23.6 Å². The fourth-order valence-corrected chi connectivity index (χ4v) is 4.69. The third-order valence-corrected chi connectivity index (χ3v) is 6.15. The second-order valence-corrected chi connectivity index (χ2v) is 10.5. The van der Waals surface area contributed by atoms with Crippen LogP contribution in [0.2, 0.25) is 0 Å². The number of benzene rings is 2. The molecule has 0 spiro atoms. The van der Waals surface area contributed by atoms with Gasteiger partial charge in [-0.2, -0.15) is 9.52 Å². The van der Waals surface area contributed by atoms with E-state index in [9.17, 15) is 16.8 Å². The zero-order chi connectivity index (χ0) is 22.1. The number of hydrogen-bond acceptors (Lipinski definition) is 7. The molecule has 3 rings (SSSR count). The number of hydrogen-bond donors (Lipinski definition) is 1. The molecule has 30 heavy (non-hydrogen) atoms. The Bertz CT molecular complexity index is 1180. The standard InChI is InChI=1S/C19H23N3O6S2/c1-27-18-10-7-14(11-19(18)28-2)17-12-16(20-22(17)30(4,25)26)13-5-8-15(9-6-13)21-29(3,23)24/h5-11,17,21H,12H2,1-4H3/t17-/m0/s1. The monoisotopic (exact) mass is 453 g/mol. The van der Waals surface area contributed by atoms with Crippen LogP contribution >= 0.6 is 0 Å². The molecular formula is C19H23N3O6S2. The van der Waals surface area contributed by atoms with Crippen molar-refractivity contribution < 1.29 is 26.3 Å². The first-order chi connectivity index (χ1) is 14.0. The van der Waals surface area contributed by atoms with Gasteiger partial charge in [-0.05, 0) is 35.4 Å². The Labute approximate surface area is 176 Å². The van der Waals surface area contributed by atoms with E-state index in [1.54, 1.807) is 42.5 Å². The summed E-state index contributed by atoms with van der Waals surface area (Å²) in [5.41, 5.74) is 2.40. The number of methoxy groups -OCH3 is 2. The van der Waals surface area contributed by atoms with Gasteiger partial charge >= 0.3 is 0 Å². The fourth-order valence-electron chi connectivity index (χ4n) is 3.22. The van der Waals surface area contributed by atoms with E-state index in [-0.39, 0.29) is 0 Å². The van der Waals surface area contributed by atoms with Crippen molar-refractivity contribution >= 4 is 31.4 Å². The largest absolute Gasteiger partial charge is 0.493 e. The Morgan fingerprint density at radius 2 is 1.60 bits per heavy atom. The van der Waals surface area contributed by atoms with Gasteiger partial charge in [-0.3, -0.25) is 4.72 Å². The molecule has 0 aromatic heterocycles. The summed E-state index contributed by atoms with van der Waals surface area (Å²) in [6.07, 6.45) is 2.52. The van der Waals surface area contributed by atoms with Crippen LogP contribution in [0.4, 0.5) is 5.69 Å². The van der Waals surface area contributed by atoms with Gasteiger partial charge in [-0.1, -0.05) is 18.2 Å². The lowest BCUT2D eigenvalue weighted by atomic mass is 9.98. The van der Waals surface area contributed by atoms with E-state index in [1.165, 1.54) is 14.2 Å². The molecule has 162 valence electrons. The summed E-state index contributed by atoms with van der Waals surface area (Å²) in [5, 5.41) is 4.34. The number of ether oxygens (including phenoxy) is 2. The molecule has 1 N–H and O–H groups in total. The lowest BCUT2D eigenvalue weighted by molar-refractivity contribution is 0.349. The Hall–Kier alpha value is -2.79. The molecule has 0 bridgehead atoms. The van der Waals surface area contributed by atoms with Crippen LogP contribution in [0.15, 0.2) is 47.6 Å². The molecule has 0 radical (unpaired) electrons. The quantitative estimate of drug-likeness (QED) is 0.687. The van der Waals surface area contributed by atoms with Crippen molar-refractivity contribution in [3.8, 4) is 11.5 Å². The van der Waals surface area contributed by atoms with Crippen LogP contribution < -0.4 is 14.2 Å². The first-order valence-corrected chi connectivity index (χ1v) is 12.6. The predicted molar refractivity (Wildman–Crippen MR) is 115 cm³/mol. The van der Waals surface area contributed by atoms with Crippen LogP contribution in [-0.4, -0.2) is 53.7 Å². The average molecular weight is 454 g/mol. The summed E-state index contributed by atoms with van der Waals surface area (Å²) in [4.78, 5) is 0. The van der Waals surface area contributed by atoms with Gasteiger partial charge in [0.25, 0.3) is 0 Å². The zero-order valence-electron chi connectivity index (χ0n) is 17.0. The average Bonchev–Trinajstić information content (AvgIpc) is 3.12. The van der Waals surface area contributed by atoms with E-state index >= 15 is 0 Å². The summed E-state index contributed by atoms with van der Waals surface area (Å²) in [7, 11) is -3.97. The number of rotatable bonds is 7. The van der Waals surface area contributed by atoms with E-state index in [4.69, 9.17) is 9.47 Å². The SMILES string of the molecule is COc1ccc([C@@H]2CC(c3ccc(NS(C)(=O)=O)cc3)=NN2S(C)(=O)=O)cc1OC. The van der Waals surface area contributed by atoms with Crippen molar-refractivity contribution in [3.63, 3.8) is 0 Å². The van der Waals surface area contributed by atoms with Crippen molar-refractivity contribution in [3.05, 3.63) is 53.6 Å². The molecule has 9 nitrogen and oxygen atoms in total. The maximum absolute atomic E-state index is 12.4. The Morgan fingerprint density at radius 3 is 2.13 bits per heavy atom. The summed E-state index contributed by atoms with van der Waals surface area (Å²) >= 11 is 0. The molecule has 2 aromatic carbocycles. The molecule has 0 aliphatic carbocycles. The minimum atomic E-state index is -3.63. The molecule has 11 heteroatoms. The summed E-state index contributed by atoms with van der Waals surface area (Å²) in [5.74, 6) is 1.04. The van der Waals surface area contributed by atoms with Gasteiger partial charge in [0, 0.05) is 12.1 Å². The normalized spacial score (nSPS) is 16.9. The lowest BCUT2D eigenvalue weighted by Gasteiger charge is -2.22. The van der Waals surface area contributed by atoms with Crippen molar-refractivity contribution in [1.82, 2.24) is 4.41 Å². The molecule has 0 unspecified atom stereocenters. The van der Waals surface area contributed by atoms with Gasteiger partial charge in [0.2, 0.25) is 20.0 Å². The number of hydrazone groups is 1. The summed E-state index contributed by atoms with van der Waals surface area (Å²) < 4.78 is 61.5. The highest BCUT2D eigenvalue weighted by molar-refractivity contribution is 7.92. The molecule has 1 atom stereocenters. The van der Waals surface area contributed by atoms with Crippen LogP contribution in [0, 0.1) is 0 Å². The van der Waals surface area contributed by atoms with Crippen LogP contribution in [0.5, 0.6) is 11.5 Å². The second-order valence-electron chi connectivity index (χ2n) is 6.87. The molecule has 1 heterocycles. The van der Waals surface area contributed by atoms with E-state index < -0.39 is 26.1 Å². The molecule has 1 aliphatic rings. The first-order valence-electron chi connectivity index (χ1n) is 8.89. The second kappa shape index (κ2) is 8.15. The fraction of sp³-hybridized carbons (Fsp3) is 0.316. The van der Waals surface area contributed by atoms with Crippen molar-refractivity contribution in [2.24, 2.45) is 5.10 Å². The summed E-state index contributed by atoms with van der Waals surface area (Å²) in [6.45, 7) is 0. The summed E-state index contributed by atoms with van der Waals surface area (Å²) in [6, 6.07) is 11.3. The molecule has 0 saturated carbocycles. The number of nitrogens with one attached hydrogen (secondary N) is 1. The molecule has 1 aliphatic heterocycles. The Morgan fingerprint density at radius 1 is 0.967 bits per heavy atom. The van der Waals surface area contributed by atoms with Gasteiger partial charge in [0.1, 0.15) is 0 Å². The molecular weight excluding hydrogens is 430 g/mol. The van der Waals surface area contributed by atoms with Gasteiger partial charge < -0.3 is 9.47 Å². The zero-order valence-corrected chi connectivity index (χ0v) is 18.6. The number of nitrogens with zero attached hydrogens (tertiary/aromatic N) is 2. The minimum absolute atomic E-state index is 0.349. The molecule has 0 amide bonds. The Balaban J connectivity index is 1.94. The van der Waals surface area contributed by atoms with Crippen molar-refractivity contribution in [2.75, 3.05) is 31.5 Å². The van der Waals surface area contributed by atoms with E-state index in [1.807, 2.05) is 0 Å². The van der Waals surface area contributed by atoms with Gasteiger partial charge in [0.05, 0.1) is 38.5 Å². The van der Waals surface area contributed by atoms with E-state index in [2.05, 4.69) is 9.82 Å². The number of sulfonamides is 2. The third kappa shape index (κ3) is 4.85. The smallest absolute Gasteiger partial charge is 0.247 e. The van der Waals surface area contributed by atoms with E-state index in [0.717, 1.165) is 16.9 Å². The highest BCUT2D eigenvalue weighted by Gasteiger charge is 2.35. The third-order valence-electron chi connectivity index (χ3n) is 4.53. The lowest BCUT2D eigenvalue weighted by Crippen LogP contribution is -2.25. The first kappa shape index (κ1) is 21.9. The Kier molecular flexibility index (Phi) is 5.95. The van der Waals surface area contributed by atoms with Crippen LogP contribution in [-0.2, 0) is 20.0 Å². The highest BCUT2D eigenvalue weighted by Crippen LogP contribution is 2.38. The van der Waals surface area contributed by atoms with Crippen molar-refractivity contribution in [2.45, 2.75) is 12.5 Å². The topological polar surface area (TPSA) is 114 Å². The highest BCUT2D eigenvalue weighted by atomic mass is 32.2. The number of anilines is 1. The van der Waals surface area contributed by atoms with Crippen molar-refractivity contribution in [1.29, 1.82) is 0 Å². The molecule has 0 fully saturated rings.